The fourth-order valence-corrected chi connectivity index (χ4v) is 7.01. The van der Waals surface area contributed by atoms with Gasteiger partial charge in [0.15, 0.2) is 17.5 Å². The van der Waals surface area contributed by atoms with E-state index in [1.54, 1.807) is 0 Å². The van der Waals surface area contributed by atoms with Crippen LogP contribution in [-0.2, 0) is 0 Å². The maximum atomic E-state index is 4.97. The quantitative estimate of drug-likeness (QED) is 0.181. The molecule has 0 radical (unpaired) electrons. The van der Waals surface area contributed by atoms with Crippen LogP contribution in [0.3, 0.4) is 0 Å². The zero-order valence-electron chi connectivity index (χ0n) is 26.3. The molecule has 0 spiro atoms. The highest BCUT2D eigenvalue weighted by Gasteiger charge is 2.16. The third-order valence-corrected chi connectivity index (χ3v) is 9.38. The van der Waals surface area contributed by atoms with E-state index in [-0.39, 0.29) is 0 Å². The van der Waals surface area contributed by atoms with Crippen LogP contribution in [0.2, 0.25) is 0 Å². The van der Waals surface area contributed by atoms with Gasteiger partial charge in [-0.15, -0.1) is 0 Å². The molecule has 0 saturated heterocycles. The van der Waals surface area contributed by atoms with Crippen LogP contribution >= 0.6 is 0 Å². The zero-order valence-corrected chi connectivity index (χ0v) is 26.3. The molecule has 9 rings (SSSR count). The van der Waals surface area contributed by atoms with Gasteiger partial charge in [-0.05, 0) is 79.6 Å². The molecule has 1 heterocycles. The number of rotatable bonds is 5. The molecule has 48 heavy (non-hydrogen) atoms. The highest BCUT2D eigenvalue weighted by Crippen LogP contribution is 2.38. The van der Waals surface area contributed by atoms with Crippen molar-refractivity contribution in [3.63, 3.8) is 0 Å². The number of fused-ring (bicyclic) bond motifs is 6. The first-order valence-electron chi connectivity index (χ1n) is 16.5. The van der Waals surface area contributed by atoms with Gasteiger partial charge in [0.2, 0.25) is 0 Å². The second-order valence-electron chi connectivity index (χ2n) is 12.3. The van der Waals surface area contributed by atoms with Crippen molar-refractivity contribution in [2.75, 3.05) is 0 Å². The van der Waals surface area contributed by atoms with Gasteiger partial charge >= 0.3 is 0 Å². The molecule has 0 saturated carbocycles. The van der Waals surface area contributed by atoms with Crippen molar-refractivity contribution in [2.24, 2.45) is 0 Å². The lowest BCUT2D eigenvalue weighted by Crippen LogP contribution is -2.00. The van der Waals surface area contributed by atoms with Crippen molar-refractivity contribution in [3.05, 3.63) is 175 Å². The molecule has 0 bridgehead atoms. The number of allylic oxidation sites excluding steroid dienone is 4. The van der Waals surface area contributed by atoms with Crippen LogP contribution in [0.15, 0.2) is 164 Å². The standard InChI is InChI=1S/C45H31N3/c1-3-13-30(14-4-1)43-46-44(31-15-5-2-6-16-31)48-45(47-43)36-20-12-19-34(28-36)32-17-11-18-33(27-32)35-25-26-41-39-23-8-7-21-37(39)38-22-9-10-24-40(38)42(41)29-35/h1-10,12-17,19-29H,11,18H2. The first-order chi connectivity index (χ1) is 23.8. The van der Waals surface area contributed by atoms with Crippen LogP contribution in [0.1, 0.15) is 24.0 Å². The van der Waals surface area contributed by atoms with E-state index in [4.69, 9.17) is 15.0 Å². The Labute approximate surface area is 279 Å². The number of aromatic nitrogens is 3. The van der Waals surface area contributed by atoms with Gasteiger partial charge in [0.25, 0.3) is 0 Å². The summed E-state index contributed by atoms with van der Waals surface area (Å²) >= 11 is 0. The Kier molecular flexibility index (Phi) is 6.94. The summed E-state index contributed by atoms with van der Waals surface area (Å²) in [5.74, 6) is 2.00. The molecule has 1 aliphatic carbocycles. The minimum absolute atomic E-state index is 0.666. The average molecular weight is 614 g/mol. The van der Waals surface area contributed by atoms with E-state index in [1.807, 2.05) is 60.7 Å². The van der Waals surface area contributed by atoms with Crippen molar-refractivity contribution < 1.29 is 0 Å². The summed E-state index contributed by atoms with van der Waals surface area (Å²) in [5.41, 5.74) is 7.92. The molecular weight excluding hydrogens is 583 g/mol. The van der Waals surface area contributed by atoms with E-state index in [1.165, 1.54) is 49.0 Å². The minimum Gasteiger partial charge on any atom is -0.208 e. The third kappa shape index (κ3) is 5.06. The summed E-state index contributed by atoms with van der Waals surface area (Å²) in [4.78, 5) is 14.8. The fraction of sp³-hybridized carbons (Fsp3) is 0.0444. The molecule has 0 unspecified atom stereocenters. The molecular formula is C45H31N3. The molecule has 8 aromatic rings. The lowest BCUT2D eigenvalue weighted by Gasteiger charge is -2.17. The molecule has 0 fully saturated rings. The Bertz CT molecular complexity index is 2450. The maximum Gasteiger partial charge on any atom is 0.164 e. The van der Waals surface area contributed by atoms with Crippen molar-refractivity contribution in [3.8, 4) is 34.2 Å². The number of nitrogens with zero attached hydrogens (tertiary/aromatic N) is 3. The van der Waals surface area contributed by atoms with Crippen LogP contribution in [0, 0.1) is 0 Å². The second kappa shape index (κ2) is 11.9. The lowest BCUT2D eigenvalue weighted by atomic mass is 9.87. The predicted molar refractivity (Wildman–Crippen MR) is 200 cm³/mol. The van der Waals surface area contributed by atoms with Crippen LogP contribution in [0.4, 0.5) is 0 Å². The molecule has 0 atom stereocenters. The van der Waals surface area contributed by atoms with E-state index in [0.717, 1.165) is 35.1 Å². The van der Waals surface area contributed by atoms with E-state index in [9.17, 15) is 0 Å². The maximum absolute atomic E-state index is 4.97. The first-order valence-corrected chi connectivity index (χ1v) is 16.5. The van der Waals surface area contributed by atoms with Gasteiger partial charge in [0, 0.05) is 16.7 Å². The zero-order chi connectivity index (χ0) is 31.9. The van der Waals surface area contributed by atoms with Crippen LogP contribution < -0.4 is 0 Å². The molecule has 1 aliphatic rings. The molecule has 226 valence electrons. The van der Waals surface area contributed by atoms with E-state index in [2.05, 4.69) is 103 Å². The van der Waals surface area contributed by atoms with Gasteiger partial charge in [0.05, 0.1) is 0 Å². The molecule has 7 aromatic carbocycles. The van der Waals surface area contributed by atoms with Crippen LogP contribution in [0.25, 0.3) is 77.6 Å². The Morgan fingerprint density at radius 2 is 0.833 bits per heavy atom. The van der Waals surface area contributed by atoms with Crippen molar-refractivity contribution in [1.29, 1.82) is 0 Å². The first kappa shape index (κ1) is 28.1. The Hall–Kier alpha value is -6.19. The normalized spacial score (nSPS) is 13.1. The van der Waals surface area contributed by atoms with Crippen LogP contribution in [-0.4, -0.2) is 15.0 Å². The summed E-state index contributed by atoms with van der Waals surface area (Å²) in [6.45, 7) is 0. The Morgan fingerprint density at radius 3 is 1.44 bits per heavy atom. The number of hydrogen-bond donors (Lipinski definition) is 0. The summed E-state index contributed by atoms with van der Waals surface area (Å²) in [7, 11) is 0. The van der Waals surface area contributed by atoms with Crippen molar-refractivity contribution in [1.82, 2.24) is 15.0 Å². The summed E-state index contributed by atoms with van der Waals surface area (Å²) < 4.78 is 0. The summed E-state index contributed by atoms with van der Waals surface area (Å²) in [6, 6.07) is 53.4. The van der Waals surface area contributed by atoms with Crippen LogP contribution in [0.5, 0.6) is 0 Å². The number of benzene rings is 7. The number of hydrogen-bond acceptors (Lipinski definition) is 3. The molecule has 1 aromatic heterocycles. The largest absolute Gasteiger partial charge is 0.208 e. The monoisotopic (exact) mass is 613 g/mol. The second-order valence-corrected chi connectivity index (χ2v) is 12.3. The molecule has 3 nitrogen and oxygen atoms in total. The Morgan fingerprint density at radius 1 is 0.354 bits per heavy atom. The minimum atomic E-state index is 0.666. The van der Waals surface area contributed by atoms with E-state index in [0.29, 0.717) is 17.5 Å². The van der Waals surface area contributed by atoms with Gasteiger partial charge in [-0.3, -0.25) is 0 Å². The van der Waals surface area contributed by atoms with E-state index < -0.39 is 0 Å². The molecule has 0 aliphatic heterocycles. The smallest absolute Gasteiger partial charge is 0.164 e. The van der Waals surface area contributed by atoms with E-state index >= 15 is 0 Å². The van der Waals surface area contributed by atoms with Gasteiger partial charge in [0.1, 0.15) is 0 Å². The highest BCUT2D eigenvalue weighted by atomic mass is 15.0. The topological polar surface area (TPSA) is 38.7 Å². The average Bonchev–Trinajstić information content (AvgIpc) is 3.18. The molecule has 3 heteroatoms. The van der Waals surface area contributed by atoms with Gasteiger partial charge in [-0.2, -0.15) is 0 Å². The highest BCUT2D eigenvalue weighted by molar-refractivity contribution is 6.25. The van der Waals surface area contributed by atoms with Gasteiger partial charge < -0.3 is 0 Å². The predicted octanol–water partition coefficient (Wildman–Crippen LogP) is 11.6. The lowest BCUT2D eigenvalue weighted by molar-refractivity contribution is 1.06. The third-order valence-electron chi connectivity index (χ3n) is 9.38. The summed E-state index contributed by atoms with van der Waals surface area (Å²) in [5, 5.41) is 7.82. The molecule has 0 N–H and O–H groups in total. The summed E-state index contributed by atoms with van der Waals surface area (Å²) in [6.07, 6.45) is 6.72. The van der Waals surface area contributed by atoms with Crippen molar-refractivity contribution >= 4 is 43.5 Å². The van der Waals surface area contributed by atoms with Gasteiger partial charge in [-0.25, -0.2) is 15.0 Å². The fourth-order valence-electron chi connectivity index (χ4n) is 7.01. The SMILES string of the molecule is C1=C(c2cccc(-c3nc(-c4ccccc4)nc(-c4ccccc4)n3)c2)C=C(c2ccc3c4ccccc4c4ccccc4c3c2)CC1. The Balaban J connectivity index is 1.12. The van der Waals surface area contributed by atoms with Crippen molar-refractivity contribution in [2.45, 2.75) is 12.8 Å². The molecule has 0 amide bonds. The van der Waals surface area contributed by atoms with Gasteiger partial charge in [-0.1, -0.05) is 152 Å².